The van der Waals surface area contributed by atoms with Crippen LogP contribution in [0.2, 0.25) is 0 Å². The summed E-state index contributed by atoms with van der Waals surface area (Å²) in [5.74, 6) is -0.909. The van der Waals surface area contributed by atoms with E-state index in [1.807, 2.05) is 6.07 Å². The molecule has 0 atom stereocenters. The Morgan fingerprint density at radius 3 is 2.29 bits per heavy atom. The molecular weight excluding hydrogens is 376 g/mol. The van der Waals surface area contributed by atoms with Crippen molar-refractivity contribution in [2.24, 2.45) is 0 Å². The van der Waals surface area contributed by atoms with Crippen LogP contribution in [0.25, 0.3) is 0 Å². The lowest BCUT2D eigenvalue weighted by Crippen LogP contribution is -2.21. The standard InChI is InChI=1S/C21H12N2O4S/c22-12-13-5-8-15(9-6-13)23-21(25)14-7-10-17-19(11-14)28(26,27)18-4-2-1-3-16(18)20(17)24/h1-11H,(H,23,25). The predicted octanol–water partition coefficient (Wildman–Crippen LogP) is 3.19. The zero-order chi connectivity index (χ0) is 19.9. The van der Waals surface area contributed by atoms with E-state index in [1.54, 1.807) is 36.4 Å². The van der Waals surface area contributed by atoms with Gasteiger partial charge in [0, 0.05) is 22.4 Å². The highest BCUT2D eigenvalue weighted by molar-refractivity contribution is 7.91. The van der Waals surface area contributed by atoms with Crippen molar-refractivity contribution in [3.63, 3.8) is 0 Å². The maximum Gasteiger partial charge on any atom is 0.255 e. The highest BCUT2D eigenvalue weighted by atomic mass is 32.2. The summed E-state index contributed by atoms with van der Waals surface area (Å²) in [4.78, 5) is 24.9. The lowest BCUT2D eigenvalue weighted by atomic mass is 10.0. The summed E-state index contributed by atoms with van der Waals surface area (Å²) in [6, 6.07) is 18.3. The first-order chi connectivity index (χ1) is 13.4. The lowest BCUT2D eigenvalue weighted by molar-refractivity contribution is 0.101. The number of anilines is 1. The number of carbonyl (C=O) groups excluding carboxylic acids is 2. The van der Waals surface area contributed by atoms with Crippen LogP contribution in [0.5, 0.6) is 0 Å². The van der Waals surface area contributed by atoms with Crippen LogP contribution in [0.1, 0.15) is 31.8 Å². The van der Waals surface area contributed by atoms with Gasteiger partial charge in [-0.2, -0.15) is 5.26 Å². The van der Waals surface area contributed by atoms with Gasteiger partial charge in [-0.25, -0.2) is 8.42 Å². The van der Waals surface area contributed by atoms with Gasteiger partial charge in [0.1, 0.15) is 0 Å². The van der Waals surface area contributed by atoms with E-state index in [-0.39, 0.29) is 32.3 Å². The van der Waals surface area contributed by atoms with Gasteiger partial charge in [-0.3, -0.25) is 9.59 Å². The number of amides is 1. The predicted molar refractivity (Wildman–Crippen MR) is 101 cm³/mol. The zero-order valence-electron chi connectivity index (χ0n) is 14.3. The van der Waals surface area contributed by atoms with Gasteiger partial charge >= 0.3 is 0 Å². The Kier molecular flexibility index (Phi) is 4.06. The van der Waals surface area contributed by atoms with Crippen LogP contribution in [0, 0.1) is 11.3 Å². The van der Waals surface area contributed by atoms with Crippen LogP contribution in [-0.4, -0.2) is 20.1 Å². The largest absolute Gasteiger partial charge is 0.322 e. The van der Waals surface area contributed by atoms with Crippen LogP contribution in [-0.2, 0) is 9.84 Å². The Morgan fingerprint density at radius 1 is 0.893 bits per heavy atom. The molecule has 0 aliphatic carbocycles. The van der Waals surface area contributed by atoms with Crippen molar-refractivity contribution in [2.45, 2.75) is 9.79 Å². The molecule has 0 unspecified atom stereocenters. The second-order valence-electron chi connectivity index (χ2n) is 6.18. The molecule has 136 valence electrons. The first kappa shape index (κ1) is 17.6. The third-order valence-corrected chi connectivity index (χ3v) is 6.32. The van der Waals surface area contributed by atoms with E-state index in [9.17, 15) is 18.0 Å². The van der Waals surface area contributed by atoms with Crippen molar-refractivity contribution in [2.75, 3.05) is 5.32 Å². The molecule has 0 saturated carbocycles. The van der Waals surface area contributed by atoms with Crippen LogP contribution >= 0.6 is 0 Å². The highest BCUT2D eigenvalue weighted by Gasteiger charge is 2.34. The highest BCUT2D eigenvalue weighted by Crippen LogP contribution is 2.34. The summed E-state index contributed by atoms with van der Waals surface area (Å²) < 4.78 is 25.9. The van der Waals surface area contributed by atoms with E-state index < -0.39 is 15.7 Å². The van der Waals surface area contributed by atoms with E-state index in [2.05, 4.69) is 5.32 Å². The maximum atomic E-state index is 12.9. The number of hydrogen-bond acceptors (Lipinski definition) is 5. The molecule has 1 heterocycles. The number of carbonyl (C=O) groups is 2. The fourth-order valence-corrected chi connectivity index (χ4v) is 4.73. The molecule has 1 amide bonds. The summed E-state index contributed by atoms with van der Waals surface area (Å²) in [6.07, 6.45) is 0. The van der Waals surface area contributed by atoms with Gasteiger partial charge in [-0.15, -0.1) is 0 Å². The fourth-order valence-electron chi connectivity index (χ4n) is 3.06. The van der Waals surface area contributed by atoms with Crippen molar-refractivity contribution in [3.05, 3.63) is 89.0 Å². The molecule has 6 nitrogen and oxygen atoms in total. The average Bonchev–Trinajstić information content (AvgIpc) is 2.72. The van der Waals surface area contributed by atoms with Crippen molar-refractivity contribution in [3.8, 4) is 6.07 Å². The number of sulfone groups is 1. The molecule has 3 aromatic rings. The number of hydrogen-bond donors (Lipinski definition) is 1. The topological polar surface area (TPSA) is 104 Å². The first-order valence-corrected chi connectivity index (χ1v) is 9.74. The summed E-state index contributed by atoms with van der Waals surface area (Å²) >= 11 is 0. The van der Waals surface area contributed by atoms with Crippen LogP contribution in [0.4, 0.5) is 5.69 Å². The van der Waals surface area contributed by atoms with E-state index in [0.717, 1.165) is 0 Å². The first-order valence-electron chi connectivity index (χ1n) is 8.26. The van der Waals surface area contributed by atoms with E-state index >= 15 is 0 Å². The zero-order valence-corrected chi connectivity index (χ0v) is 15.2. The van der Waals surface area contributed by atoms with Gasteiger partial charge in [0.25, 0.3) is 5.91 Å². The van der Waals surface area contributed by atoms with Gasteiger partial charge in [-0.05, 0) is 54.6 Å². The Balaban J connectivity index is 1.72. The average molecular weight is 388 g/mol. The number of nitrogens with zero attached hydrogens (tertiary/aromatic N) is 1. The molecule has 3 aromatic carbocycles. The van der Waals surface area contributed by atoms with Crippen molar-refractivity contribution >= 4 is 27.2 Å². The molecule has 1 aliphatic heterocycles. The van der Waals surface area contributed by atoms with E-state index in [0.29, 0.717) is 11.3 Å². The number of fused-ring (bicyclic) bond motifs is 2. The van der Waals surface area contributed by atoms with Crippen LogP contribution in [0.15, 0.2) is 76.5 Å². The Morgan fingerprint density at radius 2 is 1.57 bits per heavy atom. The second kappa shape index (κ2) is 6.44. The third kappa shape index (κ3) is 2.76. The Labute approximate surface area is 161 Å². The minimum Gasteiger partial charge on any atom is -0.322 e. The molecule has 28 heavy (non-hydrogen) atoms. The van der Waals surface area contributed by atoms with E-state index in [1.165, 1.54) is 30.3 Å². The molecule has 0 aromatic heterocycles. The number of rotatable bonds is 2. The summed E-state index contributed by atoms with van der Waals surface area (Å²) in [5, 5.41) is 11.5. The molecule has 0 fully saturated rings. The van der Waals surface area contributed by atoms with Crippen LogP contribution in [0.3, 0.4) is 0 Å². The van der Waals surface area contributed by atoms with Gasteiger partial charge < -0.3 is 5.32 Å². The van der Waals surface area contributed by atoms with Crippen molar-refractivity contribution in [1.29, 1.82) is 5.26 Å². The normalized spacial score (nSPS) is 13.8. The number of nitriles is 1. The Hall–Kier alpha value is -3.76. The lowest BCUT2D eigenvalue weighted by Gasteiger charge is -2.19. The molecule has 0 spiro atoms. The molecule has 0 bridgehead atoms. The quantitative estimate of drug-likeness (QED) is 0.568. The summed E-state index contributed by atoms with van der Waals surface area (Å²) in [5.41, 5.74) is 1.21. The number of benzene rings is 3. The van der Waals surface area contributed by atoms with Crippen molar-refractivity contribution < 1.29 is 18.0 Å². The van der Waals surface area contributed by atoms with Gasteiger partial charge in [0.15, 0.2) is 5.78 Å². The molecule has 4 rings (SSSR count). The van der Waals surface area contributed by atoms with Gasteiger partial charge in [0.2, 0.25) is 9.84 Å². The molecule has 7 heteroatoms. The minimum atomic E-state index is -3.91. The minimum absolute atomic E-state index is 0.0497. The maximum absolute atomic E-state index is 12.9. The Bertz CT molecular complexity index is 1290. The SMILES string of the molecule is N#Cc1ccc(NC(=O)c2ccc3c(c2)S(=O)(=O)c2ccccc2C3=O)cc1. The monoisotopic (exact) mass is 388 g/mol. The molecule has 1 aliphatic rings. The summed E-state index contributed by atoms with van der Waals surface area (Å²) in [6.45, 7) is 0. The van der Waals surface area contributed by atoms with Gasteiger partial charge in [-0.1, -0.05) is 12.1 Å². The molecular formula is C21H12N2O4S. The second-order valence-corrected chi connectivity index (χ2v) is 8.07. The van der Waals surface area contributed by atoms with Crippen LogP contribution < -0.4 is 5.32 Å². The molecule has 1 N–H and O–H groups in total. The van der Waals surface area contributed by atoms with Gasteiger partial charge in [0.05, 0.1) is 21.4 Å². The number of ketones is 1. The molecule has 0 saturated heterocycles. The third-order valence-electron chi connectivity index (χ3n) is 4.47. The number of nitrogens with one attached hydrogen (secondary N) is 1. The van der Waals surface area contributed by atoms with Crippen molar-refractivity contribution in [1.82, 2.24) is 0 Å². The molecule has 0 radical (unpaired) electrons. The smallest absolute Gasteiger partial charge is 0.255 e. The van der Waals surface area contributed by atoms with E-state index in [4.69, 9.17) is 5.26 Å². The fraction of sp³-hybridized carbons (Fsp3) is 0. The summed E-state index contributed by atoms with van der Waals surface area (Å²) in [7, 11) is -3.91.